The molecule has 0 bridgehead atoms. The first-order valence-corrected chi connectivity index (χ1v) is 6.44. The van der Waals surface area contributed by atoms with Crippen molar-refractivity contribution in [3.63, 3.8) is 0 Å². The largest absolute Gasteiger partial charge is 0.468 e. The van der Waals surface area contributed by atoms with Gasteiger partial charge in [0.25, 0.3) is 0 Å². The highest BCUT2D eigenvalue weighted by atomic mass is 79.9. The molecule has 1 atom stereocenters. The predicted molar refractivity (Wildman–Crippen MR) is 72.1 cm³/mol. The van der Waals surface area contributed by atoms with Gasteiger partial charge in [0, 0.05) is 11.0 Å². The van der Waals surface area contributed by atoms with Crippen molar-refractivity contribution in [2.75, 3.05) is 19.0 Å². The highest BCUT2D eigenvalue weighted by Crippen LogP contribution is 2.21. The van der Waals surface area contributed by atoms with Crippen LogP contribution in [-0.4, -0.2) is 24.5 Å². The molecule has 0 saturated heterocycles. The van der Waals surface area contributed by atoms with E-state index in [-0.39, 0.29) is 5.97 Å². The van der Waals surface area contributed by atoms with E-state index in [0.717, 1.165) is 4.47 Å². The summed E-state index contributed by atoms with van der Waals surface area (Å²) >= 11 is 6.52. The van der Waals surface area contributed by atoms with Crippen LogP contribution in [0.1, 0.15) is 5.56 Å². The molecular formula is C11H10Br2N2O2. The average molecular weight is 362 g/mol. The summed E-state index contributed by atoms with van der Waals surface area (Å²) in [5.74, 6) is -0.356. The fourth-order valence-electron chi connectivity index (χ4n) is 1.17. The van der Waals surface area contributed by atoms with Crippen molar-refractivity contribution < 1.29 is 9.53 Å². The number of rotatable bonds is 4. The van der Waals surface area contributed by atoms with Crippen LogP contribution in [0.3, 0.4) is 0 Å². The zero-order chi connectivity index (χ0) is 12.8. The molecule has 90 valence electrons. The van der Waals surface area contributed by atoms with Crippen LogP contribution < -0.4 is 5.32 Å². The molecule has 0 radical (unpaired) electrons. The molecule has 0 aliphatic rings. The smallest absolute Gasteiger partial charge is 0.321 e. The summed E-state index contributed by atoms with van der Waals surface area (Å²) in [6.07, 6.45) is 0. The number of halogens is 2. The summed E-state index contributed by atoms with van der Waals surface area (Å²) in [4.78, 5) is 10.7. The molecule has 1 N–H and O–H groups in total. The summed E-state index contributed by atoms with van der Waals surface area (Å²) in [6, 6.07) is 7.35. The Morgan fingerprint density at radius 2 is 2.35 bits per heavy atom. The zero-order valence-corrected chi connectivity index (χ0v) is 12.2. The molecule has 17 heavy (non-hydrogen) atoms. The Morgan fingerprint density at radius 1 is 1.65 bits per heavy atom. The van der Waals surface area contributed by atoms with Crippen LogP contribution in [-0.2, 0) is 9.53 Å². The number of benzene rings is 1. The Hall–Kier alpha value is -1.06. The second-order valence-electron chi connectivity index (χ2n) is 3.17. The highest BCUT2D eigenvalue weighted by molar-refractivity contribution is 9.10. The number of alkyl halides is 1. The number of hydrogen-bond acceptors (Lipinski definition) is 4. The number of carbonyl (C=O) groups is 1. The van der Waals surface area contributed by atoms with Gasteiger partial charge >= 0.3 is 5.97 Å². The third-order valence-corrected chi connectivity index (χ3v) is 3.22. The third-order valence-electron chi connectivity index (χ3n) is 2.03. The van der Waals surface area contributed by atoms with Gasteiger partial charge in [0.15, 0.2) is 0 Å². The Morgan fingerprint density at radius 3 is 2.94 bits per heavy atom. The van der Waals surface area contributed by atoms with Gasteiger partial charge in [-0.3, -0.25) is 4.79 Å². The first-order valence-electron chi connectivity index (χ1n) is 4.74. The van der Waals surface area contributed by atoms with Crippen LogP contribution in [0.4, 0.5) is 5.69 Å². The number of carbonyl (C=O) groups excluding carboxylic acids is 1. The standard InChI is InChI=1S/C11H10Br2N2O2/c1-17-11(16)9(13)6-15-10-4-8(12)3-2-7(10)5-14/h2-4,9,15H,6H2,1H3. The van der Waals surface area contributed by atoms with E-state index >= 15 is 0 Å². The van der Waals surface area contributed by atoms with E-state index < -0.39 is 4.83 Å². The molecule has 0 aromatic heterocycles. The van der Waals surface area contributed by atoms with Gasteiger partial charge in [-0.1, -0.05) is 31.9 Å². The fourth-order valence-corrected chi connectivity index (χ4v) is 1.88. The lowest BCUT2D eigenvalue weighted by Crippen LogP contribution is -2.24. The number of nitriles is 1. The number of anilines is 1. The Bertz CT molecular complexity index is 457. The van der Waals surface area contributed by atoms with Crippen molar-refractivity contribution >= 4 is 43.5 Å². The minimum atomic E-state index is -0.446. The molecular weight excluding hydrogens is 352 g/mol. The molecule has 0 heterocycles. The van der Waals surface area contributed by atoms with Gasteiger partial charge in [-0.25, -0.2) is 0 Å². The zero-order valence-electron chi connectivity index (χ0n) is 9.04. The van der Waals surface area contributed by atoms with Crippen molar-refractivity contribution in [2.45, 2.75) is 4.83 Å². The minimum Gasteiger partial charge on any atom is -0.468 e. The van der Waals surface area contributed by atoms with E-state index in [4.69, 9.17) is 5.26 Å². The van der Waals surface area contributed by atoms with Gasteiger partial charge in [-0.2, -0.15) is 5.26 Å². The third kappa shape index (κ3) is 4.02. The van der Waals surface area contributed by atoms with E-state index in [9.17, 15) is 4.79 Å². The summed E-state index contributed by atoms with van der Waals surface area (Å²) in [5, 5.41) is 11.9. The summed E-state index contributed by atoms with van der Waals surface area (Å²) in [6.45, 7) is 0.345. The molecule has 4 nitrogen and oxygen atoms in total. The van der Waals surface area contributed by atoms with Crippen molar-refractivity contribution in [1.29, 1.82) is 5.26 Å². The summed E-state index contributed by atoms with van der Waals surface area (Å²) in [5.41, 5.74) is 1.20. The quantitative estimate of drug-likeness (QED) is 0.661. The molecule has 1 aromatic rings. The Balaban J connectivity index is 2.72. The molecule has 0 spiro atoms. The van der Waals surface area contributed by atoms with Crippen LogP contribution in [0.15, 0.2) is 22.7 Å². The topological polar surface area (TPSA) is 62.1 Å². The van der Waals surface area contributed by atoms with E-state index in [1.165, 1.54) is 7.11 Å². The monoisotopic (exact) mass is 360 g/mol. The molecule has 6 heteroatoms. The molecule has 1 unspecified atom stereocenters. The average Bonchev–Trinajstić information content (AvgIpc) is 2.35. The molecule has 0 fully saturated rings. The minimum absolute atomic E-state index is 0.345. The second kappa shape index (κ2) is 6.62. The second-order valence-corrected chi connectivity index (χ2v) is 5.19. The van der Waals surface area contributed by atoms with Crippen LogP contribution >= 0.6 is 31.9 Å². The van der Waals surface area contributed by atoms with E-state index in [1.54, 1.807) is 18.2 Å². The lowest BCUT2D eigenvalue weighted by Gasteiger charge is -2.11. The number of methoxy groups -OCH3 is 1. The van der Waals surface area contributed by atoms with E-state index in [2.05, 4.69) is 48.0 Å². The van der Waals surface area contributed by atoms with Crippen LogP contribution in [0.5, 0.6) is 0 Å². The highest BCUT2D eigenvalue weighted by Gasteiger charge is 2.15. The lowest BCUT2D eigenvalue weighted by molar-refractivity contribution is -0.139. The van der Waals surface area contributed by atoms with Gasteiger partial charge in [-0.15, -0.1) is 0 Å². The number of ether oxygens (including phenoxy) is 1. The molecule has 0 aliphatic carbocycles. The van der Waals surface area contributed by atoms with Gasteiger partial charge in [-0.05, 0) is 18.2 Å². The first-order chi connectivity index (χ1) is 8.08. The van der Waals surface area contributed by atoms with Gasteiger partial charge in [0.05, 0.1) is 18.4 Å². The normalized spacial score (nSPS) is 11.4. The Kier molecular flexibility index (Phi) is 5.45. The lowest BCUT2D eigenvalue weighted by atomic mass is 10.2. The summed E-state index contributed by atoms with van der Waals surface area (Å²) in [7, 11) is 1.33. The predicted octanol–water partition coefficient (Wildman–Crippen LogP) is 2.67. The van der Waals surface area contributed by atoms with Crippen LogP contribution in [0, 0.1) is 11.3 Å². The van der Waals surface area contributed by atoms with E-state index in [1.807, 2.05) is 0 Å². The number of nitrogens with zero attached hydrogens (tertiary/aromatic N) is 1. The van der Waals surface area contributed by atoms with Crippen molar-refractivity contribution in [3.8, 4) is 6.07 Å². The maximum Gasteiger partial charge on any atom is 0.321 e. The number of esters is 1. The molecule has 0 amide bonds. The fraction of sp³-hybridized carbons (Fsp3) is 0.273. The van der Waals surface area contributed by atoms with Crippen molar-refractivity contribution in [1.82, 2.24) is 0 Å². The number of nitrogens with one attached hydrogen (secondary N) is 1. The molecule has 1 rings (SSSR count). The van der Waals surface area contributed by atoms with Crippen LogP contribution in [0.25, 0.3) is 0 Å². The van der Waals surface area contributed by atoms with Crippen molar-refractivity contribution in [3.05, 3.63) is 28.2 Å². The molecule has 0 saturated carbocycles. The van der Waals surface area contributed by atoms with Crippen molar-refractivity contribution in [2.24, 2.45) is 0 Å². The van der Waals surface area contributed by atoms with E-state index in [0.29, 0.717) is 17.8 Å². The molecule has 0 aliphatic heterocycles. The van der Waals surface area contributed by atoms with Crippen LogP contribution in [0.2, 0.25) is 0 Å². The SMILES string of the molecule is COC(=O)C(Br)CNc1cc(Br)ccc1C#N. The van der Waals surface area contributed by atoms with Gasteiger partial charge in [0.1, 0.15) is 10.9 Å². The van der Waals surface area contributed by atoms with Gasteiger partial charge < -0.3 is 10.1 Å². The van der Waals surface area contributed by atoms with Gasteiger partial charge in [0.2, 0.25) is 0 Å². The summed E-state index contributed by atoms with van der Waals surface area (Å²) < 4.78 is 5.44. The first kappa shape index (κ1) is 14.0. The maximum absolute atomic E-state index is 11.2. The number of hydrogen-bond donors (Lipinski definition) is 1. The Labute approximate surface area is 116 Å². The molecule has 1 aromatic carbocycles. The maximum atomic E-state index is 11.2.